The third kappa shape index (κ3) is 1.61. The molecule has 0 unspecified atom stereocenters. The number of hydrogen-bond acceptors (Lipinski definition) is 3. The molecule has 0 amide bonds. The number of nitrogens with two attached hydrogens (primary N) is 1. The molecule has 4 heteroatoms. The quantitative estimate of drug-likeness (QED) is 0.872. The standard InChI is InChI=1S/C13H24N4/c1-6-7-17-9(8-14)15-16-11(17)10-12(2,3)13(10,4)5/h10H,6-8,14H2,1-5H3. The van der Waals surface area contributed by atoms with E-state index in [-0.39, 0.29) is 0 Å². The Kier molecular flexibility index (Phi) is 2.81. The fourth-order valence-electron chi connectivity index (χ4n) is 3.02. The van der Waals surface area contributed by atoms with Crippen LogP contribution in [0.1, 0.15) is 58.6 Å². The largest absolute Gasteiger partial charge is 0.324 e. The Balaban J connectivity index is 2.38. The smallest absolute Gasteiger partial charge is 0.146 e. The lowest BCUT2D eigenvalue weighted by Crippen LogP contribution is -2.11. The molecular weight excluding hydrogens is 212 g/mol. The first-order valence-electron chi connectivity index (χ1n) is 6.50. The summed E-state index contributed by atoms with van der Waals surface area (Å²) < 4.78 is 2.22. The molecule has 1 aromatic rings. The molecule has 17 heavy (non-hydrogen) atoms. The highest BCUT2D eigenvalue weighted by molar-refractivity contribution is 5.27. The highest BCUT2D eigenvalue weighted by atomic mass is 15.3. The van der Waals surface area contributed by atoms with Gasteiger partial charge in [-0.2, -0.15) is 0 Å². The summed E-state index contributed by atoms with van der Waals surface area (Å²) in [5.74, 6) is 2.54. The molecule has 2 rings (SSSR count). The number of rotatable bonds is 4. The molecular formula is C13H24N4. The zero-order valence-electron chi connectivity index (χ0n) is 11.6. The van der Waals surface area contributed by atoms with Crippen molar-refractivity contribution in [2.24, 2.45) is 16.6 Å². The molecule has 0 bridgehead atoms. The molecule has 1 aliphatic rings. The monoisotopic (exact) mass is 236 g/mol. The Morgan fingerprint density at radius 2 is 1.76 bits per heavy atom. The zero-order chi connectivity index (χ0) is 12.8. The average Bonchev–Trinajstić information content (AvgIpc) is 2.58. The van der Waals surface area contributed by atoms with E-state index in [0.29, 0.717) is 23.3 Å². The maximum absolute atomic E-state index is 5.73. The maximum Gasteiger partial charge on any atom is 0.146 e. The number of hydrogen-bond donors (Lipinski definition) is 1. The molecule has 1 heterocycles. The average molecular weight is 236 g/mol. The highest BCUT2D eigenvalue weighted by Gasteiger charge is 2.67. The Morgan fingerprint density at radius 3 is 2.18 bits per heavy atom. The summed E-state index contributed by atoms with van der Waals surface area (Å²) in [7, 11) is 0. The van der Waals surface area contributed by atoms with E-state index in [1.54, 1.807) is 0 Å². The van der Waals surface area contributed by atoms with E-state index in [9.17, 15) is 0 Å². The van der Waals surface area contributed by atoms with Gasteiger partial charge in [0.1, 0.15) is 11.6 Å². The van der Waals surface area contributed by atoms with Crippen molar-refractivity contribution in [2.75, 3.05) is 0 Å². The van der Waals surface area contributed by atoms with Gasteiger partial charge in [0.05, 0.1) is 6.54 Å². The summed E-state index contributed by atoms with van der Waals surface area (Å²) in [5, 5.41) is 8.63. The zero-order valence-corrected chi connectivity index (χ0v) is 11.6. The normalized spacial score (nSPS) is 21.8. The minimum absolute atomic E-state index is 0.303. The summed E-state index contributed by atoms with van der Waals surface area (Å²) in [6, 6.07) is 0. The molecule has 1 aliphatic carbocycles. The summed E-state index contributed by atoms with van der Waals surface area (Å²) >= 11 is 0. The molecule has 1 aromatic heterocycles. The number of aromatic nitrogens is 3. The first kappa shape index (κ1) is 12.6. The summed E-state index contributed by atoms with van der Waals surface area (Å²) in [6.45, 7) is 12.9. The molecule has 0 atom stereocenters. The summed E-state index contributed by atoms with van der Waals surface area (Å²) in [5.41, 5.74) is 6.33. The van der Waals surface area contributed by atoms with Gasteiger partial charge in [0.2, 0.25) is 0 Å². The van der Waals surface area contributed by atoms with E-state index in [1.807, 2.05) is 0 Å². The predicted octanol–water partition coefficient (Wildman–Crippen LogP) is 2.30. The van der Waals surface area contributed by atoms with Gasteiger partial charge >= 0.3 is 0 Å². The van der Waals surface area contributed by atoms with Gasteiger partial charge in [-0.3, -0.25) is 0 Å². The highest BCUT2D eigenvalue weighted by Crippen LogP contribution is 2.73. The molecule has 0 aromatic carbocycles. The second-order valence-corrected chi connectivity index (χ2v) is 6.21. The van der Waals surface area contributed by atoms with E-state index in [0.717, 1.165) is 24.6 Å². The van der Waals surface area contributed by atoms with Gasteiger partial charge in [-0.25, -0.2) is 0 Å². The van der Waals surface area contributed by atoms with Crippen LogP contribution in [-0.4, -0.2) is 14.8 Å². The van der Waals surface area contributed by atoms with Crippen LogP contribution in [0.25, 0.3) is 0 Å². The Morgan fingerprint density at radius 1 is 1.18 bits per heavy atom. The topological polar surface area (TPSA) is 56.7 Å². The van der Waals surface area contributed by atoms with Crippen LogP contribution in [0, 0.1) is 10.8 Å². The molecule has 96 valence electrons. The van der Waals surface area contributed by atoms with Crippen molar-refractivity contribution in [1.29, 1.82) is 0 Å². The fourth-order valence-corrected chi connectivity index (χ4v) is 3.02. The Labute approximate surface area is 104 Å². The van der Waals surface area contributed by atoms with Crippen molar-refractivity contribution in [1.82, 2.24) is 14.8 Å². The summed E-state index contributed by atoms with van der Waals surface area (Å²) in [4.78, 5) is 0. The van der Waals surface area contributed by atoms with Gasteiger partial charge in [-0.1, -0.05) is 34.6 Å². The van der Waals surface area contributed by atoms with Crippen LogP contribution in [-0.2, 0) is 13.1 Å². The van der Waals surface area contributed by atoms with Crippen LogP contribution in [0.3, 0.4) is 0 Å². The van der Waals surface area contributed by atoms with Gasteiger partial charge in [0.25, 0.3) is 0 Å². The molecule has 0 saturated heterocycles. The van der Waals surface area contributed by atoms with Gasteiger partial charge in [0.15, 0.2) is 0 Å². The van der Waals surface area contributed by atoms with Crippen molar-refractivity contribution in [3.63, 3.8) is 0 Å². The first-order chi connectivity index (χ1) is 7.87. The van der Waals surface area contributed by atoms with Gasteiger partial charge in [0, 0.05) is 12.5 Å². The SMILES string of the molecule is CCCn1c(CN)nnc1C1C(C)(C)C1(C)C. The van der Waals surface area contributed by atoms with Crippen molar-refractivity contribution in [2.45, 2.75) is 60.0 Å². The summed E-state index contributed by atoms with van der Waals surface area (Å²) in [6.07, 6.45) is 1.09. The molecule has 0 aliphatic heterocycles. The maximum atomic E-state index is 5.73. The molecule has 1 saturated carbocycles. The van der Waals surface area contributed by atoms with E-state index >= 15 is 0 Å². The molecule has 2 N–H and O–H groups in total. The lowest BCUT2D eigenvalue weighted by molar-refractivity contribution is 0.457. The van der Waals surface area contributed by atoms with Gasteiger partial charge < -0.3 is 10.3 Å². The molecule has 4 nitrogen and oxygen atoms in total. The van der Waals surface area contributed by atoms with Crippen LogP contribution >= 0.6 is 0 Å². The first-order valence-corrected chi connectivity index (χ1v) is 6.50. The minimum atomic E-state index is 0.303. The van der Waals surface area contributed by atoms with Crippen molar-refractivity contribution in [3.05, 3.63) is 11.6 Å². The van der Waals surface area contributed by atoms with Crippen LogP contribution < -0.4 is 5.73 Å². The van der Waals surface area contributed by atoms with Crippen LogP contribution in [0.15, 0.2) is 0 Å². The van der Waals surface area contributed by atoms with Gasteiger partial charge in [-0.15, -0.1) is 10.2 Å². The third-order valence-electron chi connectivity index (χ3n) is 4.76. The minimum Gasteiger partial charge on any atom is -0.324 e. The Hall–Kier alpha value is -0.900. The lowest BCUT2D eigenvalue weighted by atomic mass is 10.0. The van der Waals surface area contributed by atoms with Crippen LogP contribution in [0.4, 0.5) is 0 Å². The third-order valence-corrected chi connectivity index (χ3v) is 4.76. The van der Waals surface area contributed by atoms with E-state index < -0.39 is 0 Å². The van der Waals surface area contributed by atoms with Crippen LogP contribution in [0.2, 0.25) is 0 Å². The second-order valence-electron chi connectivity index (χ2n) is 6.21. The van der Waals surface area contributed by atoms with Crippen molar-refractivity contribution >= 4 is 0 Å². The number of nitrogens with zero attached hydrogens (tertiary/aromatic N) is 3. The van der Waals surface area contributed by atoms with E-state index in [1.165, 1.54) is 0 Å². The van der Waals surface area contributed by atoms with Gasteiger partial charge in [-0.05, 0) is 17.3 Å². The second kappa shape index (κ2) is 3.80. The van der Waals surface area contributed by atoms with Crippen molar-refractivity contribution in [3.8, 4) is 0 Å². The van der Waals surface area contributed by atoms with Crippen molar-refractivity contribution < 1.29 is 0 Å². The predicted molar refractivity (Wildman–Crippen MR) is 68.5 cm³/mol. The van der Waals surface area contributed by atoms with E-state index in [4.69, 9.17) is 5.73 Å². The Bertz CT molecular complexity index is 403. The van der Waals surface area contributed by atoms with E-state index in [2.05, 4.69) is 49.4 Å². The molecule has 0 spiro atoms. The molecule has 1 fully saturated rings. The fraction of sp³-hybridized carbons (Fsp3) is 0.846. The lowest BCUT2D eigenvalue weighted by Gasteiger charge is -2.09. The van der Waals surface area contributed by atoms with Crippen LogP contribution in [0.5, 0.6) is 0 Å². The molecule has 0 radical (unpaired) electrons.